The fourth-order valence-electron chi connectivity index (χ4n) is 5.93. The minimum absolute atomic E-state index is 0.0375. The van der Waals surface area contributed by atoms with E-state index in [1.165, 1.54) is 0 Å². The van der Waals surface area contributed by atoms with Crippen molar-refractivity contribution in [2.75, 3.05) is 63.8 Å². The number of fused-ring (bicyclic) bond motifs is 1. The Kier molecular flexibility index (Phi) is 10.9. The molecule has 5 rings (SSSR count). The summed E-state index contributed by atoms with van der Waals surface area (Å²) in [6.07, 6.45) is 3.02. The van der Waals surface area contributed by atoms with Gasteiger partial charge >= 0.3 is 6.09 Å². The van der Waals surface area contributed by atoms with Gasteiger partial charge in [0.25, 0.3) is 0 Å². The van der Waals surface area contributed by atoms with Crippen LogP contribution >= 0.6 is 11.6 Å². The van der Waals surface area contributed by atoms with Gasteiger partial charge in [0.15, 0.2) is 8.32 Å². The average molecular weight is 725 g/mol. The molecule has 1 aromatic carbocycles. The number of ether oxygens (including phenoxy) is 3. The fraction of sp³-hybridized carbons (Fsp3) is 0.568. The number of halogens is 1. The lowest BCUT2D eigenvalue weighted by molar-refractivity contribution is 0.0574. The van der Waals surface area contributed by atoms with Gasteiger partial charge in [0.05, 0.1) is 25.1 Å². The molecule has 1 amide bonds. The van der Waals surface area contributed by atoms with E-state index in [-0.39, 0.29) is 5.04 Å². The third-order valence-electron chi connectivity index (χ3n) is 9.98. The summed E-state index contributed by atoms with van der Waals surface area (Å²) in [7, 11) is 1.27. The van der Waals surface area contributed by atoms with Gasteiger partial charge in [0.1, 0.15) is 17.2 Å². The predicted molar refractivity (Wildman–Crippen MR) is 202 cm³/mol. The SMILES string of the molecule is COCCN1CC(c2cc(OC)c(Nc3nccc(-c4cnc5c(c4)C(C)(CO[Si](C)(C)C(C)(C)C)CN5C(=O)OC(C)(C)C)n3)cc2Cl)C1. The Hall–Kier alpha value is -3.29. The number of carbonyl (C=O) groups is 1. The second-order valence-electron chi connectivity index (χ2n) is 16.2. The Bertz CT molecular complexity index is 1700. The van der Waals surface area contributed by atoms with Crippen LogP contribution in [-0.2, 0) is 19.3 Å². The smallest absolute Gasteiger partial charge is 0.416 e. The molecule has 1 N–H and O–H groups in total. The number of carbonyl (C=O) groups excluding carboxylic acids is 1. The highest BCUT2D eigenvalue weighted by Crippen LogP contribution is 2.45. The molecular weight excluding hydrogens is 672 g/mol. The summed E-state index contributed by atoms with van der Waals surface area (Å²) in [6, 6.07) is 7.78. The summed E-state index contributed by atoms with van der Waals surface area (Å²) in [5, 5.41) is 4.01. The second kappa shape index (κ2) is 14.4. The number of anilines is 3. The molecule has 1 atom stereocenters. The number of hydrogen-bond acceptors (Lipinski definition) is 10. The van der Waals surface area contributed by atoms with E-state index < -0.39 is 25.4 Å². The molecular formula is C37H53ClN6O5Si. The Labute approximate surface area is 303 Å². The molecule has 3 aromatic rings. The van der Waals surface area contributed by atoms with Gasteiger partial charge in [-0.2, -0.15) is 0 Å². The lowest BCUT2D eigenvalue weighted by atomic mass is 9.85. The van der Waals surface area contributed by atoms with Crippen molar-refractivity contribution in [1.82, 2.24) is 19.9 Å². The quantitative estimate of drug-likeness (QED) is 0.195. The normalized spacial score (nSPS) is 18.5. The number of likely N-dealkylation sites (tertiary alicyclic amines) is 1. The van der Waals surface area contributed by atoms with E-state index in [9.17, 15) is 4.79 Å². The maximum Gasteiger partial charge on any atom is 0.416 e. The van der Waals surface area contributed by atoms with Crippen molar-refractivity contribution >= 4 is 43.5 Å². The van der Waals surface area contributed by atoms with E-state index in [0.29, 0.717) is 59.6 Å². The van der Waals surface area contributed by atoms with Crippen LogP contribution in [0.4, 0.5) is 22.2 Å². The Balaban J connectivity index is 1.42. The van der Waals surface area contributed by atoms with E-state index in [1.54, 1.807) is 31.5 Å². The standard InChI is InChI=1S/C37H53ClN6O5Si/c1-35(2,3)49-34(45)44-22-37(7,23-48-50(10,11)36(4,5)6)27-16-24(19-40-32(27)44)29-12-13-39-33(41-29)42-30-18-28(38)26(17-31(30)47-9)25-20-43(21-25)14-15-46-8/h12-13,16-19,25H,14-15,20-23H2,1-11H3,(H,39,41,42). The highest BCUT2D eigenvalue weighted by molar-refractivity contribution is 6.74. The second-order valence-corrected chi connectivity index (χ2v) is 21.4. The molecule has 1 fully saturated rings. The zero-order valence-corrected chi connectivity index (χ0v) is 33.2. The molecule has 0 aliphatic carbocycles. The largest absolute Gasteiger partial charge is 0.495 e. The van der Waals surface area contributed by atoms with Crippen molar-refractivity contribution in [1.29, 1.82) is 0 Å². The van der Waals surface area contributed by atoms with Gasteiger partial charge in [-0.3, -0.25) is 9.80 Å². The summed E-state index contributed by atoms with van der Waals surface area (Å²) < 4.78 is 23.5. The number of benzene rings is 1. The number of pyridine rings is 1. The average Bonchev–Trinajstić information content (AvgIpc) is 3.31. The number of aromatic nitrogens is 3. The van der Waals surface area contributed by atoms with Gasteiger partial charge in [-0.15, -0.1) is 0 Å². The topological polar surface area (TPSA) is 111 Å². The van der Waals surface area contributed by atoms with Crippen LogP contribution in [0, 0.1) is 0 Å². The van der Waals surface area contributed by atoms with Gasteiger partial charge in [-0.05, 0) is 68.7 Å². The maximum absolute atomic E-state index is 13.4. The first-order chi connectivity index (χ1) is 23.3. The van der Waals surface area contributed by atoms with Gasteiger partial charge in [-0.25, -0.2) is 19.7 Å². The van der Waals surface area contributed by atoms with Crippen LogP contribution < -0.4 is 15.0 Å². The first-order valence-electron chi connectivity index (χ1n) is 17.2. The molecule has 4 heterocycles. The zero-order valence-electron chi connectivity index (χ0n) is 31.4. The monoisotopic (exact) mass is 724 g/mol. The molecule has 0 radical (unpaired) electrons. The molecule has 1 unspecified atom stereocenters. The van der Waals surface area contributed by atoms with Crippen LogP contribution in [0.25, 0.3) is 11.3 Å². The molecule has 2 aliphatic rings. The molecule has 0 bridgehead atoms. The minimum atomic E-state index is -2.09. The van der Waals surface area contributed by atoms with Crippen LogP contribution in [0.1, 0.15) is 65.5 Å². The summed E-state index contributed by atoms with van der Waals surface area (Å²) >= 11 is 6.81. The van der Waals surface area contributed by atoms with Crippen molar-refractivity contribution in [3.8, 4) is 17.0 Å². The summed E-state index contributed by atoms with van der Waals surface area (Å²) in [5.41, 5.74) is 2.94. The van der Waals surface area contributed by atoms with Crippen LogP contribution in [0.5, 0.6) is 5.75 Å². The number of nitrogens with one attached hydrogen (secondary N) is 1. The lowest BCUT2D eigenvalue weighted by Crippen LogP contribution is -2.46. The molecule has 50 heavy (non-hydrogen) atoms. The maximum atomic E-state index is 13.4. The van der Waals surface area contributed by atoms with E-state index in [4.69, 9.17) is 40.2 Å². The van der Waals surface area contributed by atoms with E-state index in [0.717, 1.165) is 36.3 Å². The molecule has 13 heteroatoms. The Morgan fingerprint density at radius 2 is 1.82 bits per heavy atom. The molecule has 2 aliphatic heterocycles. The van der Waals surface area contributed by atoms with Crippen LogP contribution in [0.2, 0.25) is 23.2 Å². The highest BCUT2D eigenvalue weighted by atomic mass is 35.5. The van der Waals surface area contributed by atoms with Crippen LogP contribution in [0.3, 0.4) is 0 Å². The number of nitrogens with zero attached hydrogens (tertiary/aromatic N) is 5. The number of methoxy groups -OCH3 is 2. The number of rotatable bonds is 11. The third kappa shape index (κ3) is 8.26. The van der Waals surface area contributed by atoms with E-state index >= 15 is 0 Å². The molecule has 0 saturated carbocycles. The van der Waals surface area contributed by atoms with Gasteiger partial charge < -0.3 is 24.0 Å². The predicted octanol–water partition coefficient (Wildman–Crippen LogP) is 8.02. The van der Waals surface area contributed by atoms with Crippen LogP contribution in [-0.4, -0.2) is 93.5 Å². The first kappa shape index (κ1) is 37.9. The summed E-state index contributed by atoms with van der Waals surface area (Å²) in [5.74, 6) is 1.95. The minimum Gasteiger partial charge on any atom is -0.495 e. The number of amides is 1. The van der Waals surface area contributed by atoms with Gasteiger partial charge in [-0.1, -0.05) is 39.3 Å². The van der Waals surface area contributed by atoms with Gasteiger partial charge in [0.2, 0.25) is 5.95 Å². The molecule has 11 nitrogen and oxygen atoms in total. The number of hydrogen-bond donors (Lipinski definition) is 1. The zero-order chi connectivity index (χ0) is 36.6. The van der Waals surface area contributed by atoms with Crippen molar-refractivity contribution < 1.29 is 23.4 Å². The van der Waals surface area contributed by atoms with Crippen molar-refractivity contribution in [2.24, 2.45) is 0 Å². The molecule has 0 spiro atoms. The van der Waals surface area contributed by atoms with E-state index in [1.807, 2.05) is 39.0 Å². The molecule has 1 saturated heterocycles. The van der Waals surface area contributed by atoms with Crippen molar-refractivity contribution in [3.05, 3.63) is 52.8 Å². The molecule has 2 aromatic heterocycles. The van der Waals surface area contributed by atoms with Crippen molar-refractivity contribution in [3.63, 3.8) is 0 Å². The van der Waals surface area contributed by atoms with Crippen molar-refractivity contribution in [2.45, 2.75) is 83.5 Å². The van der Waals surface area contributed by atoms with Gasteiger partial charge in [0, 0.05) is 79.8 Å². The Morgan fingerprint density at radius 1 is 1.10 bits per heavy atom. The lowest BCUT2D eigenvalue weighted by Gasteiger charge is -2.40. The van der Waals surface area contributed by atoms with E-state index in [2.05, 4.69) is 62.1 Å². The summed E-state index contributed by atoms with van der Waals surface area (Å²) in [4.78, 5) is 31.6. The Morgan fingerprint density at radius 3 is 2.46 bits per heavy atom. The van der Waals surface area contributed by atoms with Crippen LogP contribution in [0.15, 0.2) is 36.7 Å². The first-order valence-corrected chi connectivity index (χ1v) is 20.5. The summed E-state index contributed by atoms with van der Waals surface area (Å²) in [6.45, 7) is 23.2. The molecule has 272 valence electrons. The highest BCUT2D eigenvalue weighted by Gasteiger charge is 2.47. The third-order valence-corrected chi connectivity index (χ3v) is 14.8. The fourth-order valence-corrected chi connectivity index (χ4v) is 7.36.